The lowest BCUT2D eigenvalue weighted by Gasteiger charge is -2.09. The average Bonchev–Trinajstić information content (AvgIpc) is 2.66. The number of nitrogens with zero attached hydrogens (tertiary/aromatic N) is 3. The van der Waals surface area contributed by atoms with Gasteiger partial charge in [0.1, 0.15) is 11.6 Å². The third-order valence-electron chi connectivity index (χ3n) is 3.70. The van der Waals surface area contributed by atoms with Crippen molar-refractivity contribution in [3.05, 3.63) is 91.5 Å². The molecule has 0 atom stereocenters. The smallest absolute Gasteiger partial charge is 0.320 e. The second-order valence-corrected chi connectivity index (χ2v) is 5.91. The Morgan fingerprint density at radius 1 is 1.30 bits per heavy atom. The third-order valence-corrected chi connectivity index (χ3v) is 3.94. The molecule has 9 heteroatoms. The van der Waals surface area contributed by atoms with Crippen molar-refractivity contribution in [2.24, 2.45) is 0 Å². The maximum Gasteiger partial charge on any atom is 0.328 e. The van der Waals surface area contributed by atoms with Gasteiger partial charge in [0.05, 0.1) is 23.5 Å². The van der Waals surface area contributed by atoms with Gasteiger partial charge < -0.3 is 10.3 Å². The molecule has 0 fully saturated rings. The highest BCUT2D eigenvalue weighted by Crippen LogP contribution is 2.20. The Hall–Kier alpha value is -3.70. The number of pyridine rings is 1. The number of nitriles is 1. The quantitative estimate of drug-likeness (QED) is 0.713. The Bertz CT molecular complexity index is 1160. The molecule has 134 valence electrons. The van der Waals surface area contributed by atoms with Crippen molar-refractivity contribution in [2.45, 2.75) is 6.54 Å². The number of aromatic nitrogens is 3. The van der Waals surface area contributed by atoms with Crippen LogP contribution in [0, 0.1) is 11.3 Å². The Morgan fingerprint density at radius 3 is 2.81 bits per heavy atom. The van der Waals surface area contributed by atoms with Gasteiger partial charge in [-0.05, 0) is 30.3 Å². The summed E-state index contributed by atoms with van der Waals surface area (Å²) in [4.78, 5) is 43.6. The van der Waals surface area contributed by atoms with E-state index in [2.05, 4.69) is 15.3 Å². The number of benzene rings is 1. The summed E-state index contributed by atoms with van der Waals surface area (Å²) in [5.41, 5.74) is -0.883. The predicted molar refractivity (Wildman–Crippen MR) is 98.8 cm³/mol. The van der Waals surface area contributed by atoms with Crippen molar-refractivity contribution >= 4 is 23.2 Å². The summed E-state index contributed by atoms with van der Waals surface area (Å²) in [7, 11) is 0. The van der Waals surface area contributed by atoms with Crippen LogP contribution < -0.4 is 16.6 Å². The molecule has 0 aliphatic rings. The molecule has 0 radical (unpaired) electrons. The van der Waals surface area contributed by atoms with Crippen molar-refractivity contribution in [1.82, 2.24) is 14.5 Å². The number of carbonyl (C=O) groups is 1. The standard InChI is InChI=1S/C18H12ClN5O3/c19-12-5-4-11(8-20)15(7-12)23-16(25)14-9-22-18(27)24(17(14)26)10-13-3-1-2-6-21-13/h1-7,9H,10H2,(H,22,27)(H,23,25). The second kappa shape index (κ2) is 7.68. The first kappa shape index (κ1) is 18.1. The van der Waals surface area contributed by atoms with Gasteiger partial charge in [-0.1, -0.05) is 17.7 Å². The van der Waals surface area contributed by atoms with E-state index in [-0.39, 0.29) is 23.4 Å². The summed E-state index contributed by atoms with van der Waals surface area (Å²) in [6.45, 7) is -0.0866. The highest BCUT2D eigenvalue weighted by molar-refractivity contribution is 6.31. The van der Waals surface area contributed by atoms with Crippen LogP contribution in [-0.2, 0) is 6.54 Å². The van der Waals surface area contributed by atoms with E-state index in [0.29, 0.717) is 10.7 Å². The summed E-state index contributed by atoms with van der Waals surface area (Å²) in [5.74, 6) is -0.773. The lowest BCUT2D eigenvalue weighted by atomic mass is 10.2. The van der Waals surface area contributed by atoms with Crippen molar-refractivity contribution < 1.29 is 4.79 Å². The average molecular weight is 382 g/mol. The number of hydrogen-bond acceptors (Lipinski definition) is 5. The minimum absolute atomic E-state index is 0.0866. The van der Waals surface area contributed by atoms with Crippen molar-refractivity contribution in [1.29, 1.82) is 5.26 Å². The monoisotopic (exact) mass is 381 g/mol. The molecule has 1 aromatic carbocycles. The van der Waals surface area contributed by atoms with E-state index in [1.807, 2.05) is 6.07 Å². The molecule has 0 aliphatic heterocycles. The van der Waals surface area contributed by atoms with Gasteiger partial charge in [-0.2, -0.15) is 5.26 Å². The minimum atomic E-state index is -0.776. The topological polar surface area (TPSA) is 121 Å². The van der Waals surface area contributed by atoms with Gasteiger partial charge in [0.15, 0.2) is 0 Å². The summed E-state index contributed by atoms with van der Waals surface area (Å²) >= 11 is 5.89. The van der Waals surface area contributed by atoms with E-state index in [9.17, 15) is 14.4 Å². The number of halogens is 1. The lowest BCUT2D eigenvalue weighted by molar-refractivity contribution is 0.102. The molecule has 0 spiro atoms. The zero-order chi connectivity index (χ0) is 19.4. The molecule has 8 nitrogen and oxygen atoms in total. The molecule has 1 amide bonds. The van der Waals surface area contributed by atoms with Gasteiger partial charge in [0.25, 0.3) is 11.5 Å². The van der Waals surface area contributed by atoms with Crippen LogP contribution in [0.25, 0.3) is 0 Å². The molecule has 0 saturated carbocycles. The van der Waals surface area contributed by atoms with Gasteiger partial charge in [-0.15, -0.1) is 0 Å². The maximum atomic E-state index is 12.6. The van der Waals surface area contributed by atoms with E-state index in [4.69, 9.17) is 16.9 Å². The van der Waals surface area contributed by atoms with Crippen LogP contribution in [0.1, 0.15) is 21.6 Å². The van der Waals surface area contributed by atoms with Crippen LogP contribution in [0.5, 0.6) is 0 Å². The number of rotatable bonds is 4. The zero-order valence-corrected chi connectivity index (χ0v) is 14.5. The molecule has 0 unspecified atom stereocenters. The van der Waals surface area contributed by atoms with Crippen LogP contribution >= 0.6 is 11.6 Å². The van der Waals surface area contributed by atoms with Gasteiger partial charge in [0, 0.05) is 17.4 Å². The predicted octanol–water partition coefficient (Wildman–Crippen LogP) is 1.76. The number of H-pyrrole nitrogens is 1. The molecule has 27 heavy (non-hydrogen) atoms. The summed E-state index contributed by atoms with van der Waals surface area (Å²) < 4.78 is 0.875. The zero-order valence-electron chi connectivity index (χ0n) is 13.8. The fourth-order valence-electron chi connectivity index (χ4n) is 2.38. The van der Waals surface area contributed by atoms with Crippen LogP contribution in [0.2, 0.25) is 5.02 Å². The van der Waals surface area contributed by atoms with E-state index >= 15 is 0 Å². The van der Waals surface area contributed by atoms with Gasteiger partial charge >= 0.3 is 5.69 Å². The van der Waals surface area contributed by atoms with Crippen LogP contribution in [0.4, 0.5) is 5.69 Å². The van der Waals surface area contributed by atoms with Crippen LogP contribution in [0.15, 0.2) is 58.4 Å². The normalized spacial score (nSPS) is 10.2. The number of carbonyl (C=O) groups excluding carboxylic acids is 1. The highest BCUT2D eigenvalue weighted by Gasteiger charge is 2.17. The van der Waals surface area contributed by atoms with E-state index in [0.717, 1.165) is 10.8 Å². The molecule has 2 heterocycles. The molecule has 0 aliphatic carbocycles. The largest absolute Gasteiger partial charge is 0.328 e. The van der Waals surface area contributed by atoms with Crippen LogP contribution in [-0.4, -0.2) is 20.4 Å². The number of hydrogen-bond donors (Lipinski definition) is 2. The lowest BCUT2D eigenvalue weighted by Crippen LogP contribution is -2.39. The van der Waals surface area contributed by atoms with Crippen LogP contribution in [0.3, 0.4) is 0 Å². The highest BCUT2D eigenvalue weighted by atomic mass is 35.5. The molecule has 0 bridgehead atoms. The number of amides is 1. The first-order valence-electron chi connectivity index (χ1n) is 7.73. The summed E-state index contributed by atoms with van der Waals surface area (Å²) in [6.07, 6.45) is 2.57. The maximum absolute atomic E-state index is 12.6. The number of aromatic amines is 1. The molecular formula is C18H12ClN5O3. The fraction of sp³-hybridized carbons (Fsp3) is 0.0556. The Morgan fingerprint density at radius 2 is 2.11 bits per heavy atom. The summed E-state index contributed by atoms with van der Waals surface area (Å²) in [5, 5.41) is 11.9. The third kappa shape index (κ3) is 3.94. The Kier molecular flexibility index (Phi) is 5.15. The van der Waals surface area contributed by atoms with Crippen molar-refractivity contribution in [3.8, 4) is 6.07 Å². The van der Waals surface area contributed by atoms with Crippen molar-refractivity contribution in [2.75, 3.05) is 5.32 Å². The number of nitrogens with one attached hydrogen (secondary N) is 2. The van der Waals surface area contributed by atoms with E-state index in [1.54, 1.807) is 18.2 Å². The second-order valence-electron chi connectivity index (χ2n) is 5.48. The van der Waals surface area contributed by atoms with Gasteiger partial charge in [-0.25, -0.2) is 4.79 Å². The fourth-order valence-corrected chi connectivity index (χ4v) is 2.55. The van der Waals surface area contributed by atoms with E-state index < -0.39 is 17.2 Å². The Labute approximate surface area is 157 Å². The molecular weight excluding hydrogens is 370 g/mol. The molecule has 2 N–H and O–H groups in total. The first-order chi connectivity index (χ1) is 13.0. The van der Waals surface area contributed by atoms with E-state index in [1.165, 1.54) is 24.4 Å². The minimum Gasteiger partial charge on any atom is -0.320 e. The molecule has 2 aromatic heterocycles. The first-order valence-corrected chi connectivity index (χ1v) is 8.11. The summed E-state index contributed by atoms with van der Waals surface area (Å²) in [6, 6.07) is 11.4. The molecule has 0 saturated heterocycles. The molecule has 3 aromatic rings. The SMILES string of the molecule is N#Cc1ccc(Cl)cc1NC(=O)c1c[nH]c(=O)n(Cc2ccccn2)c1=O. The van der Waals surface area contributed by atoms with Gasteiger partial charge in [0.2, 0.25) is 0 Å². The van der Waals surface area contributed by atoms with Gasteiger partial charge in [-0.3, -0.25) is 19.1 Å². The molecule has 3 rings (SSSR count). The Balaban J connectivity index is 1.96. The van der Waals surface area contributed by atoms with Crippen molar-refractivity contribution in [3.63, 3.8) is 0 Å². The number of anilines is 1.